The van der Waals surface area contributed by atoms with Crippen molar-refractivity contribution in [3.05, 3.63) is 35.8 Å². The Balaban J connectivity index is 1.40. The second-order valence-electron chi connectivity index (χ2n) is 8.10. The van der Waals surface area contributed by atoms with Crippen molar-refractivity contribution in [2.45, 2.75) is 30.3 Å². The van der Waals surface area contributed by atoms with Crippen LogP contribution in [0.5, 0.6) is 0 Å². The molecule has 1 aromatic carbocycles. The topological polar surface area (TPSA) is 117 Å². The van der Waals surface area contributed by atoms with E-state index in [1.807, 2.05) is 6.92 Å². The Labute approximate surface area is 198 Å². The third kappa shape index (κ3) is 4.94. The largest absolute Gasteiger partial charge is 0.418 e. The highest BCUT2D eigenvalue weighted by Crippen LogP contribution is 2.35. The molecule has 3 heterocycles. The van der Waals surface area contributed by atoms with Crippen LogP contribution in [0.1, 0.15) is 18.2 Å². The maximum Gasteiger partial charge on any atom is 0.418 e. The van der Waals surface area contributed by atoms with Gasteiger partial charge in [-0.25, -0.2) is 23.4 Å². The van der Waals surface area contributed by atoms with E-state index in [9.17, 15) is 21.6 Å². The van der Waals surface area contributed by atoms with Crippen LogP contribution in [-0.2, 0) is 16.2 Å². The molecule has 4 rings (SSSR count). The lowest BCUT2D eigenvalue weighted by molar-refractivity contribution is -0.136. The molecule has 1 aliphatic heterocycles. The van der Waals surface area contributed by atoms with E-state index in [0.717, 1.165) is 23.7 Å². The van der Waals surface area contributed by atoms with Crippen molar-refractivity contribution in [2.75, 3.05) is 43.8 Å². The van der Waals surface area contributed by atoms with Crippen LogP contribution in [0.3, 0.4) is 0 Å². The number of piperazine rings is 1. The van der Waals surface area contributed by atoms with Gasteiger partial charge in [0.25, 0.3) is 10.0 Å². The van der Waals surface area contributed by atoms with Gasteiger partial charge in [0.2, 0.25) is 0 Å². The number of benzene rings is 1. The van der Waals surface area contributed by atoms with Crippen molar-refractivity contribution in [3.63, 3.8) is 0 Å². The molecule has 14 heteroatoms. The molecule has 3 aromatic rings. The first kappa shape index (κ1) is 24.6. The minimum atomic E-state index is -4.51. The highest BCUT2D eigenvalue weighted by atomic mass is 32.2. The standard InChI is InChI=1S/C20H24F3N7O2S2/c1-12(27-17-14-4-3-5-15(20(21,22)23)16(14)25-11-26-17)10-29-6-8-30(9-7-29)34(31,32)18-13(2)28-19(24)33-18/h3-5,11-12H,6-10H2,1-2H3,(H2,24,28)(H,25,26,27)/t12-/m0/s1. The Kier molecular flexibility index (Phi) is 6.68. The van der Waals surface area contributed by atoms with Crippen molar-refractivity contribution in [2.24, 2.45) is 0 Å². The van der Waals surface area contributed by atoms with E-state index in [1.165, 1.54) is 10.4 Å². The van der Waals surface area contributed by atoms with Crippen molar-refractivity contribution in [1.82, 2.24) is 24.2 Å². The highest BCUT2D eigenvalue weighted by molar-refractivity contribution is 7.91. The first-order chi connectivity index (χ1) is 16.0. The highest BCUT2D eigenvalue weighted by Gasteiger charge is 2.34. The van der Waals surface area contributed by atoms with Gasteiger partial charge in [-0.3, -0.25) is 4.90 Å². The molecular formula is C20H24F3N7O2S2. The van der Waals surface area contributed by atoms with Gasteiger partial charge >= 0.3 is 6.18 Å². The summed E-state index contributed by atoms with van der Waals surface area (Å²) in [5.41, 5.74) is 5.09. The van der Waals surface area contributed by atoms with Gasteiger partial charge in [-0.1, -0.05) is 17.4 Å². The lowest BCUT2D eigenvalue weighted by atomic mass is 10.1. The van der Waals surface area contributed by atoms with Gasteiger partial charge in [0.05, 0.1) is 16.8 Å². The fourth-order valence-electron chi connectivity index (χ4n) is 4.01. The molecule has 0 saturated carbocycles. The molecule has 1 saturated heterocycles. The average Bonchev–Trinajstić information content (AvgIpc) is 3.12. The maximum atomic E-state index is 13.3. The van der Waals surface area contributed by atoms with E-state index in [0.29, 0.717) is 49.6 Å². The molecule has 9 nitrogen and oxygen atoms in total. The molecule has 1 aliphatic rings. The summed E-state index contributed by atoms with van der Waals surface area (Å²) in [6, 6.07) is 3.73. The minimum absolute atomic E-state index is 0.153. The zero-order valence-corrected chi connectivity index (χ0v) is 20.1. The predicted molar refractivity (Wildman–Crippen MR) is 124 cm³/mol. The number of aryl methyl sites for hydroxylation is 1. The zero-order valence-electron chi connectivity index (χ0n) is 18.5. The summed E-state index contributed by atoms with van der Waals surface area (Å²) in [6.45, 7) is 5.74. The number of nitrogen functional groups attached to an aromatic ring is 1. The van der Waals surface area contributed by atoms with E-state index in [-0.39, 0.29) is 20.9 Å². The van der Waals surface area contributed by atoms with E-state index >= 15 is 0 Å². The van der Waals surface area contributed by atoms with Crippen LogP contribution in [0.25, 0.3) is 10.9 Å². The van der Waals surface area contributed by atoms with Crippen LogP contribution in [0, 0.1) is 6.92 Å². The summed E-state index contributed by atoms with van der Waals surface area (Å²) in [5, 5.41) is 3.68. The van der Waals surface area contributed by atoms with E-state index in [1.54, 1.807) is 13.0 Å². The summed E-state index contributed by atoms with van der Waals surface area (Å²) in [7, 11) is -3.65. The molecule has 0 unspecified atom stereocenters. The van der Waals surface area contributed by atoms with Gasteiger partial charge in [-0.2, -0.15) is 17.5 Å². The second kappa shape index (κ2) is 9.24. The van der Waals surface area contributed by atoms with Gasteiger partial charge in [0.1, 0.15) is 12.1 Å². The number of thiazole rings is 1. The van der Waals surface area contributed by atoms with Gasteiger partial charge in [-0.15, -0.1) is 0 Å². The van der Waals surface area contributed by atoms with Crippen LogP contribution < -0.4 is 11.1 Å². The molecule has 0 spiro atoms. The quantitative estimate of drug-likeness (QED) is 0.515. The minimum Gasteiger partial charge on any atom is -0.375 e. The normalized spacial score (nSPS) is 17.2. The summed E-state index contributed by atoms with van der Waals surface area (Å²) >= 11 is 0.962. The molecule has 0 bridgehead atoms. The summed E-state index contributed by atoms with van der Waals surface area (Å²) in [5.74, 6) is 0.322. The van der Waals surface area contributed by atoms with Crippen molar-refractivity contribution in [1.29, 1.82) is 0 Å². The van der Waals surface area contributed by atoms with Gasteiger partial charge < -0.3 is 11.1 Å². The lowest BCUT2D eigenvalue weighted by Gasteiger charge is -2.35. The zero-order chi connectivity index (χ0) is 24.7. The number of sulfonamides is 1. The number of alkyl halides is 3. The van der Waals surface area contributed by atoms with Gasteiger partial charge in [-0.05, 0) is 26.0 Å². The Hall–Kier alpha value is -2.55. The maximum absolute atomic E-state index is 13.3. The van der Waals surface area contributed by atoms with Gasteiger partial charge in [0, 0.05) is 44.2 Å². The Bertz CT molecular complexity index is 1290. The predicted octanol–water partition coefficient (Wildman–Crippen LogP) is 2.80. The van der Waals surface area contributed by atoms with Crippen molar-refractivity contribution in [3.8, 4) is 0 Å². The monoisotopic (exact) mass is 515 g/mol. The fourth-order valence-corrected chi connectivity index (χ4v) is 6.87. The number of rotatable bonds is 6. The van der Waals surface area contributed by atoms with Crippen LogP contribution in [-0.4, -0.2) is 71.3 Å². The van der Waals surface area contributed by atoms with Crippen LogP contribution >= 0.6 is 11.3 Å². The average molecular weight is 516 g/mol. The first-order valence-corrected chi connectivity index (χ1v) is 12.8. The van der Waals surface area contributed by atoms with E-state index < -0.39 is 21.8 Å². The lowest BCUT2D eigenvalue weighted by Crippen LogP contribution is -2.50. The van der Waals surface area contributed by atoms with Gasteiger partial charge in [0.15, 0.2) is 9.34 Å². The number of nitrogens with one attached hydrogen (secondary N) is 1. The second-order valence-corrected chi connectivity index (χ2v) is 11.3. The van der Waals surface area contributed by atoms with Crippen LogP contribution in [0.4, 0.5) is 24.1 Å². The fraction of sp³-hybridized carbons (Fsp3) is 0.450. The molecule has 1 fully saturated rings. The molecule has 184 valence electrons. The van der Waals surface area contributed by atoms with E-state index in [4.69, 9.17) is 5.73 Å². The molecule has 1 atom stereocenters. The van der Waals surface area contributed by atoms with Crippen molar-refractivity contribution >= 4 is 43.2 Å². The molecule has 0 amide bonds. The van der Waals surface area contributed by atoms with Crippen LogP contribution in [0.2, 0.25) is 0 Å². The number of nitrogens with zero attached hydrogens (tertiary/aromatic N) is 5. The van der Waals surface area contributed by atoms with Crippen molar-refractivity contribution < 1.29 is 21.6 Å². The summed E-state index contributed by atoms with van der Waals surface area (Å²) in [6.07, 6.45) is -3.40. The van der Waals surface area contributed by atoms with Crippen LogP contribution in [0.15, 0.2) is 28.7 Å². The number of hydrogen-bond donors (Lipinski definition) is 2. The number of halogens is 3. The molecule has 0 aliphatic carbocycles. The third-order valence-electron chi connectivity index (χ3n) is 5.56. The van der Waals surface area contributed by atoms with E-state index in [2.05, 4.69) is 25.2 Å². The first-order valence-electron chi connectivity index (χ1n) is 10.5. The number of anilines is 2. The summed E-state index contributed by atoms with van der Waals surface area (Å²) in [4.78, 5) is 14.1. The number of hydrogen-bond acceptors (Lipinski definition) is 9. The number of aromatic nitrogens is 3. The third-order valence-corrected chi connectivity index (χ3v) is 9.03. The number of para-hydroxylation sites is 1. The number of fused-ring (bicyclic) bond motifs is 1. The Morgan fingerprint density at radius 1 is 1.21 bits per heavy atom. The summed E-state index contributed by atoms with van der Waals surface area (Å²) < 4.78 is 67.4. The molecule has 3 N–H and O–H groups in total. The molecular weight excluding hydrogens is 491 g/mol. The SMILES string of the molecule is Cc1nc(N)sc1S(=O)(=O)N1CCN(C[C@H](C)Nc2ncnc3c(C(F)(F)F)cccc23)CC1. The molecule has 2 aromatic heterocycles. The number of nitrogens with two attached hydrogens (primary N) is 1. The molecule has 0 radical (unpaired) electrons. The molecule has 34 heavy (non-hydrogen) atoms. The smallest absolute Gasteiger partial charge is 0.375 e. The Morgan fingerprint density at radius 3 is 2.53 bits per heavy atom. The Morgan fingerprint density at radius 2 is 1.91 bits per heavy atom.